The molecule has 1 N–H and O–H groups in total. The molecule has 1 atom stereocenters. The van der Waals surface area contributed by atoms with Crippen LogP contribution in [-0.4, -0.2) is 60.6 Å². The largest absolute Gasteiger partial charge is 0.301 e. The molecule has 1 saturated heterocycles. The molecule has 118 valence electrons. The van der Waals surface area contributed by atoms with Gasteiger partial charge in [-0.15, -0.1) is 0 Å². The monoisotopic (exact) mass is 290 g/mol. The second-order valence-corrected chi connectivity index (χ2v) is 7.55. The third kappa shape index (κ3) is 4.95. The number of rotatable bonds is 8. The predicted octanol–water partition coefficient (Wildman–Crippen LogP) is 1.83. The summed E-state index contributed by atoms with van der Waals surface area (Å²) < 4.78 is 0. The van der Waals surface area contributed by atoms with E-state index in [0.29, 0.717) is 6.04 Å². The van der Waals surface area contributed by atoms with E-state index in [1.165, 1.54) is 58.4 Å². The molecule has 1 heterocycles. The summed E-state index contributed by atoms with van der Waals surface area (Å²) in [5, 5.41) is 12.9. The lowest BCUT2D eigenvalue weighted by Gasteiger charge is -2.35. The van der Waals surface area contributed by atoms with E-state index in [4.69, 9.17) is 0 Å². The maximum Gasteiger partial charge on any atom is 0.104 e. The predicted molar refractivity (Wildman–Crippen MR) is 85.0 cm³/mol. The van der Waals surface area contributed by atoms with E-state index in [2.05, 4.69) is 28.1 Å². The zero-order valence-corrected chi connectivity index (χ0v) is 13.5. The maximum atomic E-state index is 9.39. The molecule has 0 bridgehead atoms. The molecule has 4 nitrogen and oxygen atoms in total. The highest BCUT2D eigenvalue weighted by Gasteiger charge is 2.32. The van der Waals surface area contributed by atoms with Crippen molar-refractivity contribution >= 4 is 0 Å². The Kier molecular flexibility index (Phi) is 4.83. The summed E-state index contributed by atoms with van der Waals surface area (Å²) in [4.78, 5) is 5.22. The number of nitrogens with zero attached hydrogens (tertiary/aromatic N) is 3. The van der Waals surface area contributed by atoms with Gasteiger partial charge in [-0.2, -0.15) is 5.26 Å². The molecule has 3 fully saturated rings. The van der Waals surface area contributed by atoms with Crippen LogP contribution in [0.5, 0.6) is 0 Å². The number of hydrogen-bond acceptors (Lipinski definition) is 4. The Balaban J connectivity index is 1.31. The van der Waals surface area contributed by atoms with Crippen molar-refractivity contribution in [3.05, 3.63) is 0 Å². The number of piperazine rings is 1. The first-order chi connectivity index (χ1) is 10.2. The van der Waals surface area contributed by atoms with Gasteiger partial charge < -0.3 is 9.80 Å². The maximum absolute atomic E-state index is 9.39. The van der Waals surface area contributed by atoms with E-state index in [1.54, 1.807) is 0 Å². The number of nitrogens with one attached hydrogen (secondary N) is 1. The van der Waals surface area contributed by atoms with E-state index < -0.39 is 0 Å². The molecule has 1 unspecified atom stereocenters. The van der Waals surface area contributed by atoms with Crippen LogP contribution >= 0.6 is 0 Å². The third-order valence-electron chi connectivity index (χ3n) is 5.18. The lowest BCUT2D eigenvalue weighted by molar-refractivity contribution is 0.125. The van der Waals surface area contributed by atoms with Crippen molar-refractivity contribution in [2.24, 2.45) is 5.92 Å². The standard InChI is InChI=1S/C17H30N4/c1-17(14-18,19-16-5-6-16)7-2-8-20-9-11-21(12-10-20)13-15-3-4-15/h15-16,19H,2-13H2,1H3. The normalized spacial score (nSPS) is 27.2. The van der Waals surface area contributed by atoms with Gasteiger partial charge in [-0.05, 0) is 57.9 Å². The lowest BCUT2D eigenvalue weighted by atomic mass is 9.97. The van der Waals surface area contributed by atoms with E-state index in [0.717, 1.165) is 25.3 Å². The first-order valence-corrected chi connectivity index (χ1v) is 8.80. The van der Waals surface area contributed by atoms with Gasteiger partial charge in [0.25, 0.3) is 0 Å². The van der Waals surface area contributed by atoms with Crippen molar-refractivity contribution in [1.82, 2.24) is 15.1 Å². The van der Waals surface area contributed by atoms with Crippen molar-refractivity contribution in [1.29, 1.82) is 5.26 Å². The van der Waals surface area contributed by atoms with Crippen LogP contribution in [-0.2, 0) is 0 Å². The molecular weight excluding hydrogens is 260 g/mol. The molecule has 0 aromatic heterocycles. The second kappa shape index (κ2) is 6.64. The molecular formula is C17H30N4. The zero-order chi connectivity index (χ0) is 14.7. The van der Waals surface area contributed by atoms with Gasteiger partial charge >= 0.3 is 0 Å². The molecule has 3 rings (SSSR count). The van der Waals surface area contributed by atoms with Crippen molar-refractivity contribution < 1.29 is 0 Å². The first-order valence-electron chi connectivity index (χ1n) is 8.80. The Morgan fingerprint density at radius 3 is 2.33 bits per heavy atom. The number of nitriles is 1. The van der Waals surface area contributed by atoms with Gasteiger partial charge in [0, 0.05) is 38.8 Å². The van der Waals surface area contributed by atoms with Crippen LogP contribution in [0.1, 0.15) is 45.4 Å². The molecule has 0 aromatic rings. The molecule has 2 saturated carbocycles. The first kappa shape index (κ1) is 15.3. The summed E-state index contributed by atoms with van der Waals surface area (Å²) in [6, 6.07) is 3.10. The smallest absolute Gasteiger partial charge is 0.104 e. The van der Waals surface area contributed by atoms with Crippen LogP contribution in [0.3, 0.4) is 0 Å². The van der Waals surface area contributed by atoms with Gasteiger partial charge in [-0.1, -0.05) is 0 Å². The Morgan fingerprint density at radius 1 is 1.10 bits per heavy atom. The van der Waals surface area contributed by atoms with E-state index in [-0.39, 0.29) is 5.54 Å². The van der Waals surface area contributed by atoms with Gasteiger partial charge in [0.05, 0.1) is 6.07 Å². The Morgan fingerprint density at radius 2 is 1.76 bits per heavy atom. The summed E-state index contributed by atoms with van der Waals surface area (Å²) in [7, 11) is 0. The van der Waals surface area contributed by atoms with Crippen LogP contribution in [0.2, 0.25) is 0 Å². The molecule has 0 amide bonds. The minimum atomic E-state index is -0.311. The van der Waals surface area contributed by atoms with Crippen molar-refractivity contribution in [3.8, 4) is 6.07 Å². The molecule has 0 aromatic carbocycles. The van der Waals surface area contributed by atoms with Crippen molar-refractivity contribution in [2.75, 3.05) is 39.3 Å². The van der Waals surface area contributed by atoms with Gasteiger partial charge in [0.1, 0.15) is 5.54 Å². The molecule has 3 aliphatic rings. The van der Waals surface area contributed by atoms with Gasteiger partial charge in [-0.3, -0.25) is 5.32 Å². The highest BCUT2D eigenvalue weighted by atomic mass is 15.3. The van der Waals surface area contributed by atoms with Gasteiger partial charge in [0.2, 0.25) is 0 Å². The highest BCUT2D eigenvalue weighted by Crippen LogP contribution is 2.30. The van der Waals surface area contributed by atoms with Crippen LogP contribution < -0.4 is 5.32 Å². The van der Waals surface area contributed by atoms with E-state index in [9.17, 15) is 5.26 Å². The summed E-state index contributed by atoms with van der Waals surface area (Å²) in [5.41, 5.74) is -0.311. The molecule has 2 aliphatic carbocycles. The summed E-state index contributed by atoms with van der Waals surface area (Å²) in [5.74, 6) is 1.02. The molecule has 21 heavy (non-hydrogen) atoms. The molecule has 0 spiro atoms. The zero-order valence-electron chi connectivity index (χ0n) is 13.5. The molecule has 1 aliphatic heterocycles. The minimum absolute atomic E-state index is 0.311. The second-order valence-electron chi connectivity index (χ2n) is 7.55. The Hall–Kier alpha value is -0.630. The average molecular weight is 290 g/mol. The summed E-state index contributed by atoms with van der Waals surface area (Å²) in [6.07, 6.45) is 7.52. The number of hydrogen-bond donors (Lipinski definition) is 1. The van der Waals surface area contributed by atoms with Crippen LogP contribution in [0.15, 0.2) is 0 Å². The highest BCUT2D eigenvalue weighted by molar-refractivity contribution is 5.07. The third-order valence-corrected chi connectivity index (χ3v) is 5.18. The quantitative estimate of drug-likeness (QED) is 0.740. The van der Waals surface area contributed by atoms with Crippen LogP contribution in [0.4, 0.5) is 0 Å². The van der Waals surface area contributed by atoms with Gasteiger partial charge in [0.15, 0.2) is 0 Å². The fourth-order valence-electron chi connectivity index (χ4n) is 3.36. The van der Waals surface area contributed by atoms with Crippen LogP contribution in [0, 0.1) is 17.2 Å². The average Bonchev–Trinajstić information content (AvgIpc) is 3.38. The van der Waals surface area contributed by atoms with Gasteiger partial charge in [-0.25, -0.2) is 0 Å². The Bertz CT molecular complexity index is 375. The molecule has 4 heteroatoms. The van der Waals surface area contributed by atoms with Crippen LogP contribution in [0.25, 0.3) is 0 Å². The molecule has 0 radical (unpaired) electrons. The summed E-state index contributed by atoms with van der Waals surface area (Å²) >= 11 is 0. The fraction of sp³-hybridized carbons (Fsp3) is 0.941. The minimum Gasteiger partial charge on any atom is -0.301 e. The van der Waals surface area contributed by atoms with Crippen molar-refractivity contribution in [3.63, 3.8) is 0 Å². The summed E-state index contributed by atoms with van der Waals surface area (Å²) in [6.45, 7) is 9.47. The van der Waals surface area contributed by atoms with E-state index >= 15 is 0 Å². The Labute approximate surface area is 129 Å². The lowest BCUT2D eigenvalue weighted by Crippen LogP contribution is -2.48. The van der Waals surface area contributed by atoms with E-state index in [1.807, 2.05) is 0 Å². The van der Waals surface area contributed by atoms with Crippen molar-refractivity contribution in [2.45, 2.75) is 57.0 Å². The SMILES string of the molecule is CC(C#N)(CCCN1CCN(CC2CC2)CC1)NC1CC1. The fourth-order valence-corrected chi connectivity index (χ4v) is 3.36. The topological polar surface area (TPSA) is 42.3 Å².